The fraction of sp³-hybridized carbons (Fsp3) is 1.00. The van der Waals surface area contributed by atoms with Crippen LogP contribution in [0.15, 0.2) is 0 Å². The van der Waals surface area contributed by atoms with Gasteiger partial charge in [-0.3, -0.25) is 0 Å². The van der Waals surface area contributed by atoms with Crippen LogP contribution in [0.4, 0.5) is 0 Å². The zero-order chi connectivity index (χ0) is 5.82. The first-order valence-corrected chi connectivity index (χ1v) is 4.33. The van der Waals surface area contributed by atoms with Crippen molar-refractivity contribution in [1.82, 2.24) is 5.32 Å². The molecule has 0 N–H and O–H groups in total. The maximum absolute atomic E-state index is 4.43. The molecule has 1 nitrogen and oxygen atoms in total. The van der Waals surface area contributed by atoms with Crippen molar-refractivity contribution in [3.8, 4) is 0 Å². The molecule has 0 aliphatic carbocycles. The molecule has 1 aliphatic rings. The van der Waals surface area contributed by atoms with Crippen LogP contribution in [-0.2, 0) is 0 Å². The molecule has 0 aromatic carbocycles. The first-order chi connectivity index (χ1) is 3.93. The third-order valence-corrected chi connectivity index (χ3v) is 2.50. The molecule has 0 aromatic rings. The summed E-state index contributed by atoms with van der Waals surface area (Å²) in [6.07, 6.45) is 1.23. The lowest BCUT2D eigenvalue weighted by molar-refractivity contribution is 0.539. The van der Waals surface area contributed by atoms with Crippen LogP contribution in [-0.4, -0.2) is 24.1 Å². The Kier molecular flexibility index (Phi) is 2.70. The fourth-order valence-corrected chi connectivity index (χ4v) is 1.83. The Morgan fingerprint density at radius 3 is 3.00 bits per heavy atom. The quantitative estimate of drug-likeness (QED) is 0.518. The summed E-state index contributed by atoms with van der Waals surface area (Å²) in [5.74, 6) is 2.51. The Balaban J connectivity index is 2.13. The van der Waals surface area contributed by atoms with Crippen LogP contribution in [0.2, 0.25) is 0 Å². The van der Waals surface area contributed by atoms with Crippen LogP contribution in [0, 0.1) is 0 Å². The van der Waals surface area contributed by atoms with E-state index >= 15 is 0 Å². The van der Waals surface area contributed by atoms with Crippen molar-refractivity contribution in [2.45, 2.75) is 19.4 Å². The topological polar surface area (TPSA) is 14.1 Å². The van der Waals surface area contributed by atoms with Gasteiger partial charge in [0.05, 0.1) is 0 Å². The molecular weight excluding hydrogens is 118 g/mol. The van der Waals surface area contributed by atoms with Gasteiger partial charge in [-0.1, -0.05) is 6.92 Å². The van der Waals surface area contributed by atoms with Crippen molar-refractivity contribution in [3.63, 3.8) is 0 Å². The third kappa shape index (κ3) is 1.67. The van der Waals surface area contributed by atoms with Gasteiger partial charge in [0, 0.05) is 24.1 Å². The first kappa shape index (κ1) is 6.43. The lowest BCUT2D eigenvalue weighted by atomic mass is 10.2. The van der Waals surface area contributed by atoms with Gasteiger partial charge in [0.2, 0.25) is 0 Å². The minimum absolute atomic E-state index is 0.675. The van der Waals surface area contributed by atoms with E-state index in [2.05, 4.69) is 12.2 Å². The van der Waals surface area contributed by atoms with Crippen molar-refractivity contribution in [2.24, 2.45) is 0 Å². The van der Waals surface area contributed by atoms with E-state index in [1.807, 2.05) is 11.8 Å². The Hall–Kier alpha value is 0.310. The van der Waals surface area contributed by atoms with Crippen LogP contribution in [0.5, 0.6) is 0 Å². The molecule has 1 aliphatic heterocycles. The Labute approximate surface area is 55.2 Å². The molecular formula is C6H12NS. The maximum Gasteiger partial charge on any atom is 0.0334 e. The molecule has 1 heterocycles. The summed E-state index contributed by atoms with van der Waals surface area (Å²) in [6.45, 7) is 3.29. The standard InChI is InChI=1S/C6H12NS/c1-2-6-5-8-4-3-7-6/h6H,2-5H2,1H3. The smallest absolute Gasteiger partial charge is 0.0334 e. The van der Waals surface area contributed by atoms with E-state index in [1.165, 1.54) is 17.9 Å². The molecule has 8 heavy (non-hydrogen) atoms. The maximum atomic E-state index is 4.43. The van der Waals surface area contributed by atoms with Gasteiger partial charge >= 0.3 is 0 Å². The van der Waals surface area contributed by atoms with Gasteiger partial charge < -0.3 is 0 Å². The van der Waals surface area contributed by atoms with Crippen LogP contribution < -0.4 is 5.32 Å². The van der Waals surface area contributed by atoms with Gasteiger partial charge in [-0.25, -0.2) is 5.32 Å². The summed E-state index contributed by atoms with van der Waals surface area (Å²) in [5.41, 5.74) is 0. The van der Waals surface area contributed by atoms with E-state index < -0.39 is 0 Å². The van der Waals surface area contributed by atoms with Gasteiger partial charge in [0.25, 0.3) is 0 Å². The highest BCUT2D eigenvalue weighted by molar-refractivity contribution is 7.99. The molecule has 1 atom stereocenters. The summed E-state index contributed by atoms with van der Waals surface area (Å²) < 4.78 is 0. The summed E-state index contributed by atoms with van der Waals surface area (Å²) in [4.78, 5) is 0. The highest BCUT2D eigenvalue weighted by atomic mass is 32.2. The van der Waals surface area contributed by atoms with E-state index in [0.717, 1.165) is 6.54 Å². The second-order valence-corrected chi connectivity index (χ2v) is 3.19. The zero-order valence-corrected chi connectivity index (χ0v) is 6.08. The lowest BCUT2D eigenvalue weighted by Gasteiger charge is -2.18. The Morgan fingerprint density at radius 2 is 2.62 bits per heavy atom. The number of thioether (sulfide) groups is 1. The second-order valence-electron chi connectivity index (χ2n) is 2.04. The number of hydrogen-bond acceptors (Lipinski definition) is 1. The normalized spacial score (nSPS) is 30.4. The van der Waals surface area contributed by atoms with Crippen LogP contribution in [0.1, 0.15) is 13.3 Å². The molecule has 1 saturated heterocycles. The predicted octanol–water partition coefficient (Wildman–Crippen LogP) is 1.12. The van der Waals surface area contributed by atoms with Gasteiger partial charge in [-0.2, -0.15) is 11.8 Å². The van der Waals surface area contributed by atoms with Crippen molar-refractivity contribution < 1.29 is 0 Å². The average Bonchev–Trinajstić information content (AvgIpc) is 1.90. The molecule has 0 saturated carbocycles. The zero-order valence-electron chi connectivity index (χ0n) is 5.26. The summed E-state index contributed by atoms with van der Waals surface area (Å²) >= 11 is 2.03. The minimum Gasteiger partial charge on any atom is -0.237 e. The third-order valence-electron chi connectivity index (χ3n) is 1.40. The molecule has 1 fully saturated rings. The predicted molar refractivity (Wildman–Crippen MR) is 38.4 cm³/mol. The molecule has 1 rings (SSSR count). The highest BCUT2D eigenvalue weighted by Gasteiger charge is 2.10. The SMILES string of the molecule is CCC1CSCC[N]1. The van der Waals surface area contributed by atoms with Crippen molar-refractivity contribution in [2.75, 3.05) is 18.1 Å². The summed E-state index contributed by atoms with van der Waals surface area (Å²) in [5, 5.41) is 4.43. The largest absolute Gasteiger partial charge is 0.237 e. The van der Waals surface area contributed by atoms with Crippen molar-refractivity contribution >= 4 is 11.8 Å². The van der Waals surface area contributed by atoms with Gasteiger partial charge in [-0.15, -0.1) is 0 Å². The summed E-state index contributed by atoms with van der Waals surface area (Å²) in [7, 11) is 0. The molecule has 0 bridgehead atoms. The van der Waals surface area contributed by atoms with Crippen molar-refractivity contribution in [3.05, 3.63) is 0 Å². The van der Waals surface area contributed by atoms with Gasteiger partial charge in [-0.05, 0) is 6.42 Å². The number of nitrogens with zero attached hydrogens (tertiary/aromatic N) is 1. The average molecular weight is 130 g/mol. The van der Waals surface area contributed by atoms with E-state index in [1.54, 1.807) is 0 Å². The van der Waals surface area contributed by atoms with E-state index in [0.29, 0.717) is 6.04 Å². The monoisotopic (exact) mass is 130 g/mol. The fourth-order valence-electron chi connectivity index (χ4n) is 0.819. The van der Waals surface area contributed by atoms with E-state index in [4.69, 9.17) is 0 Å². The molecule has 0 spiro atoms. The molecule has 1 unspecified atom stereocenters. The second kappa shape index (κ2) is 3.36. The van der Waals surface area contributed by atoms with E-state index in [9.17, 15) is 0 Å². The molecule has 1 radical (unpaired) electrons. The first-order valence-electron chi connectivity index (χ1n) is 3.18. The lowest BCUT2D eigenvalue weighted by Crippen LogP contribution is -2.30. The Morgan fingerprint density at radius 1 is 1.75 bits per heavy atom. The van der Waals surface area contributed by atoms with Crippen LogP contribution in [0.25, 0.3) is 0 Å². The van der Waals surface area contributed by atoms with Crippen LogP contribution >= 0.6 is 11.8 Å². The highest BCUT2D eigenvalue weighted by Crippen LogP contribution is 2.10. The van der Waals surface area contributed by atoms with Crippen molar-refractivity contribution in [1.29, 1.82) is 0 Å². The summed E-state index contributed by atoms with van der Waals surface area (Å²) in [6, 6.07) is 0.675. The number of hydrogen-bond donors (Lipinski definition) is 0. The molecule has 2 heteroatoms. The molecule has 0 amide bonds. The van der Waals surface area contributed by atoms with Crippen LogP contribution in [0.3, 0.4) is 0 Å². The van der Waals surface area contributed by atoms with E-state index in [-0.39, 0.29) is 0 Å². The minimum atomic E-state index is 0.675. The number of rotatable bonds is 1. The molecule has 47 valence electrons. The molecule has 0 aromatic heterocycles. The van der Waals surface area contributed by atoms with Gasteiger partial charge in [0.1, 0.15) is 0 Å². The Bertz CT molecular complexity index is 59.5. The van der Waals surface area contributed by atoms with Gasteiger partial charge in [0.15, 0.2) is 0 Å².